The fraction of sp³-hybridized carbons (Fsp3) is 0.769. The van der Waals surface area contributed by atoms with Crippen LogP contribution in [-0.4, -0.2) is 23.3 Å². The van der Waals surface area contributed by atoms with Gasteiger partial charge >= 0.3 is 5.97 Å². The molecular formula is C13H27NO4. The minimum atomic E-state index is -0.688. The first-order valence-corrected chi connectivity index (χ1v) is 6.31. The van der Waals surface area contributed by atoms with Gasteiger partial charge in [-0.25, -0.2) is 4.79 Å². The SMILES string of the molecule is CC.CC(C)C.CCCC(=O)N(C=O)OC(C)=O. The molecule has 5 heteroatoms. The zero-order valence-electron chi connectivity index (χ0n) is 12.6. The summed E-state index contributed by atoms with van der Waals surface area (Å²) in [5, 5.41) is 0.409. The summed E-state index contributed by atoms with van der Waals surface area (Å²) in [5.41, 5.74) is 0. The Morgan fingerprint density at radius 3 is 1.83 bits per heavy atom. The minimum absolute atomic E-state index is 0.180. The van der Waals surface area contributed by atoms with Gasteiger partial charge in [-0.05, 0) is 12.3 Å². The second-order valence-corrected chi connectivity index (χ2v) is 3.89. The average Bonchev–Trinajstić information content (AvgIpc) is 2.28. The van der Waals surface area contributed by atoms with Crippen LogP contribution in [0.4, 0.5) is 0 Å². The lowest BCUT2D eigenvalue weighted by molar-refractivity contribution is -0.194. The fourth-order valence-corrected chi connectivity index (χ4v) is 0.594. The Morgan fingerprint density at radius 1 is 1.22 bits per heavy atom. The normalized spacial score (nSPS) is 8.22. The smallest absolute Gasteiger partial charge is 0.330 e. The van der Waals surface area contributed by atoms with Gasteiger partial charge < -0.3 is 4.84 Å². The molecule has 2 amide bonds. The summed E-state index contributed by atoms with van der Waals surface area (Å²) >= 11 is 0. The maximum Gasteiger partial charge on any atom is 0.330 e. The number of hydroxylamine groups is 2. The first-order chi connectivity index (χ1) is 8.34. The van der Waals surface area contributed by atoms with Crippen LogP contribution in [0.2, 0.25) is 0 Å². The summed E-state index contributed by atoms with van der Waals surface area (Å²) in [6, 6.07) is 0. The van der Waals surface area contributed by atoms with Crippen molar-refractivity contribution >= 4 is 18.3 Å². The number of amides is 2. The quantitative estimate of drug-likeness (QED) is 0.579. The van der Waals surface area contributed by atoms with E-state index in [1.54, 1.807) is 6.92 Å². The summed E-state index contributed by atoms with van der Waals surface area (Å²) in [4.78, 5) is 35.7. The van der Waals surface area contributed by atoms with Gasteiger partial charge in [0.2, 0.25) is 0 Å². The van der Waals surface area contributed by atoms with Gasteiger partial charge in [-0.1, -0.05) is 41.5 Å². The van der Waals surface area contributed by atoms with E-state index in [0.29, 0.717) is 11.5 Å². The van der Waals surface area contributed by atoms with E-state index in [9.17, 15) is 14.4 Å². The Hall–Kier alpha value is -1.39. The maximum atomic E-state index is 10.9. The van der Waals surface area contributed by atoms with Gasteiger partial charge in [-0.2, -0.15) is 0 Å². The predicted octanol–water partition coefficient (Wildman–Crippen LogP) is 2.94. The topological polar surface area (TPSA) is 63.7 Å². The van der Waals surface area contributed by atoms with Gasteiger partial charge in [0.05, 0.1) is 0 Å². The van der Waals surface area contributed by atoms with E-state index in [0.717, 1.165) is 12.8 Å². The molecule has 0 atom stereocenters. The molecule has 0 rings (SSSR count). The number of imide groups is 1. The molecule has 0 aliphatic carbocycles. The Balaban J connectivity index is -0.000000317. The molecule has 0 aliphatic rings. The zero-order chi connectivity index (χ0) is 15.1. The lowest BCUT2D eigenvalue weighted by Gasteiger charge is -2.11. The number of hydrogen-bond acceptors (Lipinski definition) is 4. The molecule has 0 spiro atoms. The average molecular weight is 261 g/mol. The van der Waals surface area contributed by atoms with Gasteiger partial charge in [-0.15, -0.1) is 5.06 Å². The van der Waals surface area contributed by atoms with Crippen molar-refractivity contribution in [2.75, 3.05) is 0 Å². The molecule has 0 aliphatic heterocycles. The van der Waals surface area contributed by atoms with Gasteiger partial charge in [0.25, 0.3) is 12.3 Å². The molecule has 0 saturated heterocycles. The number of nitrogens with zero attached hydrogens (tertiary/aromatic N) is 1. The van der Waals surface area contributed by atoms with Gasteiger partial charge in [0.15, 0.2) is 0 Å². The van der Waals surface area contributed by atoms with Crippen LogP contribution in [-0.2, 0) is 19.2 Å². The lowest BCUT2D eigenvalue weighted by atomic mass is 10.3. The van der Waals surface area contributed by atoms with Crippen molar-refractivity contribution in [1.29, 1.82) is 0 Å². The van der Waals surface area contributed by atoms with Crippen LogP contribution in [0.25, 0.3) is 0 Å². The van der Waals surface area contributed by atoms with Crippen molar-refractivity contribution in [2.45, 2.75) is 61.3 Å². The highest BCUT2D eigenvalue weighted by atomic mass is 16.7. The van der Waals surface area contributed by atoms with Crippen molar-refractivity contribution in [3.05, 3.63) is 0 Å². The van der Waals surface area contributed by atoms with Crippen molar-refractivity contribution in [3.63, 3.8) is 0 Å². The second-order valence-electron chi connectivity index (χ2n) is 3.89. The Morgan fingerprint density at radius 2 is 1.61 bits per heavy atom. The van der Waals surface area contributed by atoms with Crippen LogP contribution in [0.15, 0.2) is 0 Å². The minimum Gasteiger partial charge on any atom is -0.331 e. The molecule has 0 heterocycles. The number of hydrogen-bond donors (Lipinski definition) is 0. The molecule has 0 bridgehead atoms. The third-order valence-corrected chi connectivity index (χ3v) is 1.03. The summed E-state index contributed by atoms with van der Waals surface area (Å²) in [7, 11) is 0. The van der Waals surface area contributed by atoms with Gasteiger partial charge in [0.1, 0.15) is 0 Å². The van der Waals surface area contributed by atoms with Crippen molar-refractivity contribution in [3.8, 4) is 0 Å². The van der Waals surface area contributed by atoms with E-state index in [4.69, 9.17) is 0 Å². The highest BCUT2D eigenvalue weighted by Gasteiger charge is 2.14. The molecular weight excluding hydrogens is 234 g/mol. The van der Waals surface area contributed by atoms with E-state index in [2.05, 4.69) is 25.6 Å². The summed E-state index contributed by atoms with van der Waals surface area (Å²) in [5.74, 6) is -0.366. The van der Waals surface area contributed by atoms with E-state index in [1.165, 1.54) is 0 Å². The molecule has 0 unspecified atom stereocenters. The number of carbonyl (C=O) groups is 3. The lowest BCUT2D eigenvalue weighted by Crippen LogP contribution is -2.31. The molecule has 18 heavy (non-hydrogen) atoms. The van der Waals surface area contributed by atoms with Crippen LogP contribution < -0.4 is 0 Å². The third kappa shape index (κ3) is 20.1. The van der Waals surface area contributed by atoms with Gasteiger partial charge in [0, 0.05) is 13.3 Å². The monoisotopic (exact) mass is 261 g/mol. The molecule has 0 aromatic heterocycles. The second kappa shape index (κ2) is 15.6. The van der Waals surface area contributed by atoms with Crippen LogP contribution >= 0.6 is 0 Å². The molecule has 0 radical (unpaired) electrons. The van der Waals surface area contributed by atoms with Crippen molar-refractivity contribution < 1.29 is 19.2 Å². The number of rotatable bonds is 3. The summed E-state index contributed by atoms with van der Waals surface area (Å²) < 4.78 is 0. The zero-order valence-corrected chi connectivity index (χ0v) is 12.6. The van der Waals surface area contributed by atoms with E-state index < -0.39 is 11.9 Å². The first kappa shape index (κ1) is 21.9. The summed E-state index contributed by atoms with van der Waals surface area (Å²) in [6.07, 6.45) is 0.968. The molecule has 0 N–H and O–H groups in total. The molecule has 0 aromatic rings. The highest BCUT2D eigenvalue weighted by molar-refractivity contribution is 5.86. The van der Waals surface area contributed by atoms with Crippen molar-refractivity contribution in [2.24, 2.45) is 5.92 Å². The van der Waals surface area contributed by atoms with Crippen LogP contribution in [0, 0.1) is 5.92 Å². The van der Waals surface area contributed by atoms with E-state index in [-0.39, 0.29) is 12.8 Å². The van der Waals surface area contributed by atoms with E-state index >= 15 is 0 Å². The Labute approximate surface area is 110 Å². The molecule has 5 nitrogen and oxygen atoms in total. The molecule has 0 aromatic carbocycles. The highest BCUT2D eigenvalue weighted by Crippen LogP contribution is 1.96. The Kier molecular flexibility index (Phi) is 18.9. The number of carbonyl (C=O) groups excluding carboxylic acids is 3. The van der Waals surface area contributed by atoms with Crippen LogP contribution in [0.5, 0.6) is 0 Å². The first-order valence-electron chi connectivity index (χ1n) is 6.31. The summed E-state index contributed by atoms with van der Waals surface area (Å²) in [6.45, 7) is 13.4. The van der Waals surface area contributed by atoms with E-state index in [1.807, 2.05) is 13.8 Å². The largest absolute Gasteiger partial charge is 0.331 e. The fourth-order valence-electron chi connectivity index (χ4n) is 0.594. The van der Waals surface area contributed by atoms with Crippen molar-refractivity contribution in [1.82, 2.24) is 5.06 Å². The molecule has 0 fully saturated rings. The standard InChI is InChI=1S/C7H11NO4.C4H10.C2H6/c1-3-4-7(11)8(5-9)12-6(2)10;1-4(2)3;1-2/h5H,3-4H2,1-2H3;4H,1-3H3;1-2H3. The predicted molar refractivity (Wildman–Crippen MR) is 71.4 cm³/mol. The third-order valence-electron chi connectivity index (χ3n) is 1.03. The molecule has 108 valence electrons. The van der Waals surface area contributed by atoms with Crippen LogP contribution in [0.3, 0.4) is 0 Å². The molecule has 0 saturated carbocycles. The van der Waals surface area contributed by atoms with Crippen LogP contribution in [0.1, 0.15) is 61.3 Å². The maximum absolute atomic E-state index is 10.9. The Bertz CT molecular complexity index is 224. The van der Waals surface area contributed by atoms with Gasteiger partial charge in [-0.3, -0.25) is 9.59 Å².